The summed E-state index contributed by atoms with van der Waals surface area (Å²) in [6.45, 7) is 2.74. The van der Waals surface area contributed by atoms with Gasteiger partial charge >= 0.3 is 0 Å². The Hall–Kier alpha value is -0.120. The Morgan fingerprint density at radius 2 is 1.88 bits per heavy atom. The minimum absolute atomic E-state index is 0.00694. The quantitative estimate of drug-likeness (QED) is 0.429. The van der Waals surface area contributed by atoms with E-state index in [4.69, 9.17) is 15.3 Å². The van der Waals surface area contributed by atoms with Gasteiger partial charge in [0.05, 0.1) is 6.10 Å². The Balaban J connectivity index is 3.39. The van der Waals surface area contributed by atoms with Gasteiger partial charge in [-0.3, -0.25) is 0 Å². The minimum atomic E-state index is -1.73. The molecule has 0 aromatic rings. The summed E-state index contributed by atoms with van der Waals surface area (Å²) in [7, 11) is 0. The molecule has 0 fully saturated rings. The molecule has 0 aromatic carbocycles. The average molecular weight is 120 g/mol. The molecule has 3 N–H and O–H groups in total. The molecule has 8 heavy (non-hydrogen) atoms. The lowest BCUT2D eigenvalue weighted by atomic mass is 10.1. The minimum Gasteiger partial charge on any atom is -0.393 e. The summed E-state index contributed by atoms with van der Waals surface area (Å²) in [5.74, 6) is -1.73. The van der Waals surface area contributed by atoms with Gasteiger partial charge in [-0.2, -0.15) is 0 Å². The van der Waals surface area contributed by atoms with E-state index in [1.165, 1.54) is 13.8 Å². The number of aliphatic hydroxyl groups is 3. The van der Waals surface area contributed by atoms with Crippen molar-refractivity contribution in [2.75, 3.05) is 0 Å². The van der Waals surface area contributed by atoms with Gasteiger partial charge in [-0.1, -0.05) is 0 Å². The Labute approximate surface area is 48.6 Å². The lowest BCUT2D eigenvalue weighted by molar-refractivity contribution is -0.163. The highest BCUT2D eigenvalue weighted by molar-refractivity contribution is 4.59. The van der Waals surface area contributed by atoms with Gasteiger partial charge in [-0.05, 0) is 13.8 Å². The number of hydrogen-bond acceptors (Lipinski definition) is 3. The first-order chi connectivity index (χ1) is 3.42. The predicted octanol–water partition coefficient (Wildman–Crippen LogP) is -0.542. The third kappa shape index (κ3) is 5.88. The summed E-state index contributed by atoms with van der Waals surface area (Å²) in [5.41, 5.74) is 0. The van der Waals surface area contributed by atoms with E-state index in [1.807, 2.05) is 0 Å². The fourth-order valence-electron chi connectivity index (χ4n) is 0.560. The zero-order valence-corrected chi connectivity index (χ0v) is 5.13. The molecule has 0 rings (SSSR count). The van der Waals surface area contributed by atoms with Crippen molar-refractivity contribution in [3.8, 4) is 0 Å². The van der Waals surface area contributed by atoms with Crippen LogP contribution in [0.3, 0.4) is 0 Å². The van der Waals surface area contributed by atoms with Crippen LogP contribution in [-0.4, -0.2) is 27.2 Å². The predicted molar refractivity (Wildman–Crippen MR) is 29.1 cm³/mol. The van der Waals surface area contributed by atoms with E-state index in [9.17, 15) is 0 Å². The summed E-state index contributed by atoms with van der Waals surface area (Å²) in [5, 5.41) is 25.7. The third-order valence-electron chi connectivity index (χ3n) is 0.682. The maximum Gasteiger partial charge on any atom is 0.162 e. The monoisotopic (exact) mass is 120 g/mol. The van der Waals surface area contributed by atoms with Crippen molar-refractivity contribution in [2.45, 2.75) is 32.2 Å². The lowest BCUT2D eigenvalue weighted by Crippen LogP contribution is -2.27. The zero-order chi connectivity index (χ0) is 6.78. The Kier molecular flexibility index (Phi) is 2.40. The smallest absolute Gasteiger partial charge is 0.162 e. The van der Waals surface area contributed by atoms with E-state index in [0.717, 1.165) is 0 Å². The highest BCUT2D eigenvalue weighted by Crippen LogP contribution is 2.05. The van der Waals surface area contributed by atoms with E-state index < -0.39 is 11.9 Å². The molecule has 0 radical (unpaired) electrons. The summed E-state index contributed by atoms with van der Waals surface area (Å²) in [6.07, 6.45) is -0.664. The van der Waals surface area contributed by atoms with Crippen molar-refractivity contribution >= 4 is 0 Å². The third-order valence-corrected chi connectivity index (χ3v) is 0.682. The van der Waals surface area contributed by atoms with Crippen molar-refractivity contribution in [3.05, 3.63) is 0 Å². The van der Waals surface area contributed by atoms with E-state index in [0.29, 0.717) is 0 Å². The molecule has 0 spiro atoms. The highest BCUT2D eigenvalue weighted by Gasteiger charge is 2.16. The summed E-state index contributed by atoms with van der Waals surface area (Å²) in [6, 6.07) is 0. The normalized spacial score (nSPS) is 16.1. The number of aliphatic hydroxyl groups excluding tert-OH is 1. The summed E-state index contributed by atoms with van der Waals surface area (Å²) in [4.78, 5) is 0. The van der Waals surface area contributed by atoms with Crippen LogP contribution < -0.4 is 0 Å². The summed E-state index contributed by atoms with van der Waals surface area (Å²) >= 11 is 0. The van der Waals surface area contributed by atoms with Crippen LogP contribution >= 0.6 is 0 Å². The maximum absolute atomic E-state index is 8.58. The molecule has 3 nitrogen and oxygen atoms in total. The largest absolute Gasteiger partial charge is 0.393 e. The van der Waals surface area contributed by atoms with Gasteiger partial charge in [-0.25, -0.2) is 0 Å². The molecular weight excluding hydrogens is 108 g/mol. The van der Waals surface area contributed by atoms with Gasteiger partial charge in [-0.15, -0.1) is 0 Å². The standard InChI is InChI=1S/C5H12O3/c1-4(6)3-5(2,7)8/h4,6-8H,3H2,1-2H3/t4-/m1/s1. The van der Waals surface area contributed by atoms with Crippen molar-refractivity contribution in [1.82, 2.24) is 0 Å². The van der Waals surface area contributed by atoms with Crippen LogP contribution in [0.25, 0.3) is 0 Å². The first-order valence-electron chi connectivity index (χ1n) is 2.54. The molecule has 0 aliphatic heterocycles. The van der Waals surface area contributed by atoms with Crippen molar-refractivity contribution < 1.29 is 15.3 Å². The van der Waals surface area contributed by atoms with Crippen LogP contribution in [0.2, 0.25) is 0 Å². The Morgan fingerprint density at radius 3 is 1.88 bits per heavy atom. The second-order valence-corrected chi connectivity index (χ2v) is 2.27. The fraction of sp³-hybridized carbons (Fsp3) is 1.00. The molecule has 3 heteroatoms. The molecule has 0 aliphatic carbocycles. The molecule has 0 bridgehead atoms. The SMILES string of the molecule is C[C@@H](O)CC(C)(O)O. The van der Waals surface area contributed by atoms with Gasteiger partial charge in [0.15, 0.2) is 5.79 Å². The van der Waals surface area contributed by atoms with E-state index in [2.05, 4.69) is 0 Å². The summed E-state index contributed by atoms with van der Waals surface area (Å²) < 4.78 is 0. The van der Waals surface area contributed by atoms with Gasteiger partial charge in [0.1, 0.15) is 0 Å². The fourth-order valence-corrected chi connectivity index (χ4v) is 0.560. The van der Waals surface area contributed by atoms with Crippen LogP contribution in [0.5, 0.6) is 0 Å². The molecule has 0 aromatic heterocycles. The Bertz CT molecular complexity index is 62.6. The first-order valence-corrected chi connectivity index (χ1v) is 2.54. The van der Waals surface area contributed by atoms with Gasteiger partial charge < -0.3 is 15.3 Å². The van der Waals surface area contributed by atoms with Gasteiger partial charge in [0, 0.05) is 6.42 Å². The van der Waals surface area contributed by atoms with Crippen LogP contribution in [0.1, 0.15) is 20.3 Å². The molecule has 0 aliphatic rings. The molecular formula is C5H12O3. The van der Waals surface area contributed by atoms with Crippen LogP contribution in [0, 0.1) is 0 Å². The van der Waals surface area contributed by atoms with Crippen molar-refractivity contribution in [1.29, 1.82) is 0 Å². The second kappa shape index (κ2) is 2.44. The lowest BCUT2D eigenvalue weighted by Gasteiger charge is -2.16. The van der Waals surface area contributed by atoms with Crippen molar-refractivity contribution in [3.63, 3.8) is 0 Å². The van der Waals surface area contributed by atoms with Crippen LogP contribution in [0.4, 0.5) is 0 Å². The molecule has 0 unspecified atom stereocenters. The molecule has 0 heterocycles. The number of rotatable bonds is 2. The van der Waals surface area contributed by atoms with Crippen LogP contribution in [-0.2, 0) is 0 Å². The van der Waals surface area contributed by atoms with Gasteiger partial charge in [0.2, 0.25) is 0 Å². The van der Waals surface area contributed by atoms with E-state index >= 15 is 0 Å². The van der Waals surface area contributed by atoms with Crippen LogP contribution in [0.15, 0.2) is 0 Å². The van der Waals surface area contributed by atoms with E-state index in [-0.39, 0.29) is 6.42 Å². The Morgan fingerprint density at radius 1 is 1.50 bits per heavy atom. The molecule has 0 saturated carbocycles. The van der Waals surface area contributed by atoms with Gasteiger partial charge in [0.25, 0.3) is 0 Å². The number of hydrogen-bond donors (Lipinski definition) is 3. The zero-order valence-electron chi connectivity index (χ0n) is 5.13. The first kappa shape index (κ1) is 7.88. The highest BCUT2D eigenvalue weighted by atomic mass is 16.5. The second-order valence-electron chi connectivity index (χ2n) is 2.27. The topological polar surface area (TPSA) is 60.7 Å². The molecule has 0 amide bonds. The maximum atomic E-state index is 8.58. The molecule has 0 saturated heterocycles. The molecule has 50 valence electrons. The molecule has 1 atom stereocenters. The average Bonchev–Trinajstić information content (AvgIpc) is 1.21. The van der Waals surface area contributed by atoms with Crippen molar-refractivity contribution in [2.24, 2.45) is 0 Å². The van der Waals surface area contributed by atoms with E-state index in [1.54, 1.807) is 0 Å².